The number of halogens is 2. The van der Waals surface area contributed by atoms with Gasteiger partial charge in [-0.3, -0.25) is 0 Å². The molecule has 4 aromatic rings. The molecule has 0 aromatic heterocycles. The van der Waals surface area contributed by atoms with Crippen molar-refractivity contribution in [3.8, 4) is 0 Å². The zero-order valence-corrected chi connectivity index (χ0v) is 28.0. The van der Waals surface area contributed by atoms with Crippen LogP contribution in [0.4, 0.5) is 0 Å². The van der Waals surface area contributed by atoms with Crippen molar-refractivity contribution in [2.24, 2.45) is 0 Å². The van der Waals surface area contributed by atoms with E-state index in [4.69, 9.17) is 18.6 Å². The summed E-state index contributed by atoms with van der Waals surface area (Å²) < 4.78 is 0. The SMILES string of the molecule is CCCCP(CCCC)c1cc2ccccc2[cH-]1.CCCP(CCC)c1cc2ccccc2[cH-]1.[Cl][Ti][Cl]. The van der Waals surface area contributed by atoms with E-state index in [9.17, 15) is 0 Å². The molecule has 0 heterocycles. The fourth-order valence-corrected chi connectivity index (χ4v) is 9.85. The summed E-state index contributed by atoms with van der Waals surface area (Å²) in [6.07, 6.45) is 13.7. The van der Waals surface area contributed by atoms with Crippen LogP contribution in [0.15, 0.2) is 72.8 Å². The first kappa shape index (κ1) is 33.0. The summed E-state index contributed by atoms with van der Waals surface area (Å²) in [7, 11) is 9.96. The van der Waals surface area contributed by atoms with E-state index in [2.05, 4.69) is 100 Å². The molecule has 0 N–H and O–H groups in total. The number of benzene rings is 2. The van der Waals surface area contributed by atoms with Crippen molar-refractivity contribution < 1.29 is 17.0 Å². The Morgan fingerprint density at radius 2 is 0.973 bits per heavy atom. The molecule has 0 aliphatic carbocycles. The molecule has 0 radical (unpaired) electrons. The normalized spacial score (nSPS) is 10.9. The average molecular weight is 609 g/mol. The maximum atomic E-state index is 4.89. The number of fused-ring (bicyclic) bond motifs is 2. The number of hydrogen-bond acceptors (Lipinski definition) is 0. The molecule has 0 saturated carbocycles. The van der Waals surface area contributed by atoms with E-state index < -0.39 is 17.0 Å². The van der Waals surface area contributed by atoms with Crippen molar-refractivity contribution in [2.75, 3.05) is 24.6 Å². The molecule has 5 heteroatoms. The van der Waals surface area contributed by atoms with Gasteiger partial charge in [-0.1, -0.05) is 81.4 Å². The minimum atomic E-state index is -0.556. The van der Waals surface area contributed by atoms with Gasteiger partial charge in [-0.05, 0) is 37.5 Å². The Kier molecular flexibility index (Phi) is 17.7. The van der Waals surface area contributed by atoms with Gasteiger partial charge in [0.15, 0.2) is 0 Å². The number of rotatable bonds is 12. The Labute approximate surface area is 245 Å². The molecule has 0 aliphatic heterocycles. The summed E-state index contributed by atoms with van der Waals surface area (Å²) in [6.45, 7) is 9.20. The molecule has 4 aromatic carbocycles. The molecule has 0 saturated heterocycles. The molecule has 0 aliphatic rings. The molecule has 4 rings (SSSR count). The van der Waals surface area contributed by atoms with Gasteiger partial charge in [0, 0.05) is 0 Å². The van der Waals surface area contributed by atoms with Gasteiger partial charge in [0.1, 0.15) is 0 Å². The molecule has 0 spiro atoms. The summed E-state index contributed by atoms with van der Waals surface area (Å²) >= 11 is -0.556. The van der Waals surface area contributed by atoms with Gasteiger partial charge in [0.2, 0.25) is 0 Å². The van der Waals surface area contributed by atoms with Gasteiger partial charge in [-0.2, -0.15) is 12.1 Å². The van der Waals surface area contributed by atoms with Gasteiger partial charge in [0.05, 0.1) is 0 Å². The van der Waals surface area contributed by atoms with E-state index in [-0.39, 0.29) is 15.8 Å². The molecule has 0 fully saturated rings. The zero-order valence-electron chi connectivity index (χ0n) is 23.1. The minimum absolute atomic E-state index is 0.0856. The monoisotopic (exact) mass is 608 g/mol. The Hall–Kier alpha value is -0.186. The second-order valence-corrected chi connectivity index (χ2v) is 17.0. The second kappa shape index (κ2) is 19.8. The molecule has 0 nitrogen and oxygen atoms in total. The van der Waals surface area contributed by atoms with Crippen LogP contribution in [-0.4, -0.2) is 24.6 Å². The van der Waals surface area contributed by atoms with E-state index in [1.54, 1.807) is 10.6 Å². The fourth-order valence-electron chi connectivity index (χ4n) is 4.61. The summed E-state index contributed by atoms with van der Waals surface area (Å²) in [5.74, 6) is 0. The Bertz CT molecular complexity index is 1040. The third-order valence-electron chi connectivity index (χ3n) is 6.49. The summed E-state index contributed by atoms with van der Waals surface area (Å²) in [6, 6.07) is 27.2. The molecule has 0 atom stereocenters. The van der Waals surface area contributed by atoms with Crippen molar-refractivity contribution in [3.63, 3.8) is 0 Å². The summed E-state index contributed by atoms with van der Waals surface area (Å²) in [4.78, 5) is 0. The van der Waals surface area contributed by atoms with Gasteiger partial charge in [0.25, 0.3) is 0 Å². The Morgan fingerprint density at radius 3 is 1.32 bits per heavy atom. The first-order valence-electron chi connectivity index (χ1n) is 13.9. The molecular weight excluding hydrogens is 565 g/mol. The van der Waals surface area contributed by atoms with E-state index >= 15 is 0 Å². The van der Waals surface area contributed by atoms with Crippen LogP contribution >= 0.6 is 34.5 Å². The van der Waals surface area contributed by atoms with E-state index in [1.165, 1.54) is 84.7 Å². The van der Waals surface area contributed by atoms with Crippen molar-refractivity contribution in [2.45, 2.75) is 66.2 Å². The average Bonchev–Trinajstić information content (AvgIpc) is 3.54. The molecular formula is C32H44Cl2P2Ti-2. The quantitative estimate of drug-likeness (QED) is 0.0852. The van der Waals surface area contributed by atoms with Crippen LogP contribution in [-0.2, 0) is 17.0 Å². The standard InChI is InChI=1S/C17H24P.C15H20P.2ClH.Ti/c1-3-5-11-18(12-6-4-2)17-13-15-9-7-8-10-16(15)14-17;1-3-9-16(10-4-2)15-11-13-7-5-6-8-14(13)12-15;;;/h7-10,13-14H,3-6,11-12H2,1-2H3;5-8,11-12H,3-4,9-10H2,1-2H3;2*1H;/q2*-1;;;+2/p-2. The van der Waals surface area contributed by atoms with E-state index in [0.29, 0.717) is 0 Å². The number of hydrogen-bond donors (Lipinski definition) is 0. The van der Waals surface area contributed by atoms with Crippen LogP contribution < -0.4 is 10.6 Å². The third-order valence-corrected chi connectivity index (χ3v) is 12.1. The van der Waals surface area contributed by atoms with Crippen LogP contribution in [0.3, 0.4) is 0 Å². The predicted molar refractivity (Wildman–Crippen MR) is 174 cm³/mol. The Morgan fingerprint density at radius 1 is 0.595 bits per heavy atom. The topological polar surface area (TPSA) is 0 Å². The molecule has 0 bridgehead atoms. The number of unbranched alkanes of at least 4 members (excludes halogenated alkanes) is 2. The van der Waals surface area contributed by atoms with Crippen LogP contribution in [0, 0.1) is 0 Å². The predicted octanol–water partition coefficient (Wildman–Crippen LogP) is 11.1. The van der Waals surface area contributed by atoms with Gasteiger partial charge < -0.3 is 0 Å². The van der Waals surface area contributed by atoms with Crippen molar-refractivity contribution in [1.29, 1.82) is 0 Å². The maximum absolute atomic E-state index is 4.89. The first-order chi connectivity index (χ1) is 18.1. The molecule has 0 amide bonds. The Balaban J connectivity index is 0.000000237. The van der Waals surface area contributed by atoms with Crippen LogP contribution in [0.2, 0.25) is 0 Å². The first-order valence-corrected chi connectivity index (χ1v) is 21.6. The molecule has 37 heavy (non-hydrogen) atoms. The molecule has 0 unspecified atom stereocenters. The van der Waals surface area contributed by atoms with Crippen LogP contribution in [0.1, 0.15) is 66.2 Å². The van der Waals surface area contributed by atoms with Crippen LogP contribution in [0.25, 0.3) is 21.5 Å². The van der Waals surface area contributed by atoms with Crippen molar-refractivity contribution >= 4 is 66.6 Å². The summed E-state index contributed by atoms with van der Waals surface area (Å²) in [5, 5.41) is 8.92. The third kappa shape index (κ3) is 11.4. The van der Waals surface area contributed by atoms with Crippen LogP contribution in [0.5, 0.6) is 0 Å². The van der Waals surface area contributed by atoms with Crippen molar-refractivity contribution in [1.82, 2.24) is 0 Å². The van der Waals surface area contributed by atoms with Gasteiger partial charge in [-0.25, -0.2) is 0 Å². The van der Waals surface area contributed by atoms with Gasteiger partial charge in [-0.15, -0.1) is 80.7 Å². The van der Waals surface area contributed by atoms with E-state index in [1.807, 2.05) is 0 Å². The van der Waals surface area contributed by atoms with Gasteiger partial charge >= 0.3 is 35.6 Å². The molecule has 202 valence electrons. The van der Waals surface area contributed by atoms with Crippen molar-refractivity contribution in [3.05, 3.63) is 72.8 Å². The summed E-state index contributed by atoms with van der Waals surface area (Å²) in [5.41, 5.74) is 0. The van der Waals surface area contributed by atoms with E-state index in [0.717, 1.165) is 0 Å². The fraction of sp³-hybridized carbons (Fsp3) is 0.438. The second-order valence-electron chi connectivity index (χ2n) is 9.44. The zero-order chi connectivity index (χ0) is 26.9.